The van der Waals surface area contributed by atoms with Crippen LogP contribution in [-0.2, 0) is 15.0 Å². The molecule has 1 atom stereocenters. The predicted molar refractivity (Wildman–Crippen MR) is 110 cm³/mol. The second-order valence-corrected chi connectivity index (χ2v) is 10.2. The van der Waals surface area contributed by atoms with Crippen LogP contribution in [0.3, 0.4) is 0 Å². The van der Waals surface area contributed by atoms with Gasteiger partial charge >= 0.3 is 0 Å². The normalized spacial score (nSPS) is 25.6. The summed E-state index contributed by atoms with van der Waals surface area (Å²) in [4.78, 5) is 5.86. The summed E-state index contributed by atoms with van der Waals surface area (Å²) < 4.78 is 39.2. The number of methoxy groups -OCH3 is 1. The highest BCUT2D eigenvalue weighted by atomic mass is 32.2. The Bertz CT molecular complexity index is 895. The van der Waals surface area contributed by atoms with E-state index in [4.69, 9.17) is 14.3 Å². The summed E-state index contributed by atoms with van der Waals surface area (Å²) in [5, 5.41) is 0. The Balaban J connectivity index is 1.55. The lowest BCUT2D eigenvalue weighted by molar-refractivity contribution is -0.0232. The number of nitrogens with one attached hydrogen (secondary N) is 1. The fraction of sp³-hybridized carbons (Fsp3) is 0.600. The molecule has 1 saturated carbocycles. The Kier molecular flexibility index (Phi) is 5.50. The second-order valence-electron chi connectivity index (χ2n) is 8.09. The average Bonchev–Trinajstić information content (AvgIpc) is 3.44. The topological polar surface area (TPSA) is 80.3 Å². The zero-order chi connectivity index (χ0) is 20.6. The van der Waals surface area contributed by atoms with Crippen LogP contribution in [0.15, 0.2) is 24.3 Å². The van der Waals surface area contributed by atoms with Gasteiger partial charge in [0.05, 0.1) is 25.5 Å². The van der Waals surface area contributed by atoms with Gasteiger partial charge in [-0.3, -0.25) is 10.3 Å². The largest absolute Gasteiger partial charge is 0.493 e. The first-order valence-corrected chi connectivity index (χ1v) is 11.4. The van der Waals surface area contributed by atoms with Gasteiger partial charge in [-0.15, -0.1) is 0 Å². The molecule has 1 aromatic rings. The van der Waals surface area contributed by atoms with Crippen LogP contribution in [0.25, 0.3) is 5.70 Å². The van der Waals surface area contributed by atoms with Gasteiger partial charge in [0.25, 0.3) is 10.2 Å². The Labute approximate surface area is 172 Å². The van der Waals surface area contributed by atoms with Crippen LogP contribution in [0.2, 0.25) is 0 Å². The lowest BCUT2D eigenvalue weighted by Crippen LogP contribution is -2.41. The molecule has 1 unspecified atom stereocenters. The molecule has 4 rings (SSSR count). The van der Waals surface area contributed by atoms with Crippen LogP contribution in [0.5, 0.6) is 11.5 Å². The minimum absolute atomic E-state index is 0.229. The van der Waals surface area contributed by atoms with E-state index in [1.54, 1.807) is 21.2 Å². The Morgan fingerprint density at radius 2 is 2.00 bits per heavy atom. The second kappa shape index (κ2) is 7.79. The van der Waals surface area contributed by atoms with E-state index < -0.39 is 15.8 Å². The number of nitrogens with zero attached hydrogens (tertiary/aromatic N) is 2. The van der Waals surface area contributed by atoms with Crippen molar-refractivity contribution in [3.8, 4) is 11.5 Å². The van der Waals surface area contributed by atoms with Crippen molar-refractivity contribution in [3.05, 3.63) is 29.8 Å². The average molecular weight is 424 g/mol. The molecule has 1 spiro atoms. The minimum Gasteiger partial charge on any atom is -0.493 e. The van der Waals surface area contributed by atoms with Crippen molar-refractivity contribution in [2.75, 3.05) is 34.3 Å². The maximum atomic E-state index is 12.4. The van der Waals surface area contributed by atoms with Gasteiger partial charge in [-0.25, -0.2) is 0 Å². The molecule has 1 saturated heterocycles. The van der Waals surface area contributed by atoms with E-state index >= 15 is 0 Å². The third kappa shape index (κ3) is 3.96. The molecule has 2 fully saturated rings. The fourth-order valence-corrected chi connectivity index (χ4v) is 5.31. The summed E-state index contributed by atoms with van der Waals surface area (Å²) in [6.07, 6.45) is 7.33. The Morgan fingerprint density at radius 3 is 2.69 bits per heavy atom. The number of hydrogen-bond acceptors (Lipinski definition) is 6. The van der Waals surface area contributed by atoms with E-state index in [0.717, 1.165) is 29.9 Å². The predicted octanol–water partition coefficient (Wildman–Crippen LogP) is 2.14. The van der Waals surface area contributed by atoms with Crippen molar-refractivity contribution >= 4 is 15.9 Å². The lowest BCUT2D eigenvalue weighted by Gasteiger charge is -2.23. The maximum Gasteiger partial charge on any atom is 0.281 e. The van der Waals surface area contributed by atoms with Crippen LogP contribution >= 0.6 is 0 Å². The number of ether oxygens (including phenoxy) is 2. The zero-order valence-corrected chi connectivity index (χ0v) is 18.0. The maximum absolute atomic E-state index is 12.4. The highest BCUT2D eigenvalue weighted by Gasteiger charge is 2.46. The fourth-order valence-electron chi connectivity index (χ4n) is 4.14. The van der Waals surface area contributed by atoms with E-state index in [9.17, 15) is 8.42 Å². The van der Waals surface area contributed by atoms with Crippen molar-refractivity contribution < 1.29 is 22.7 Å². The highest BCUT2D eigenvalue weighted by molar-refractivity contribution is 7.86. The monoisotopic (exact) mass is 423 g/mol. The Morgan fingerprint density at radius 1 is 1.24 bits per heavy atom. The van der Waals surface area contributed by atoms with Crippen molar-refractivity contribution in [3.63, 3.8) is 0 Å². The molecule has 160 valence electrons. The van der Waals surface area contributed by atoms with Crippen LogP contribution in [-0.4, -0.2) is 63.0 Å². The molecule has 0 radical (unpaired) electrons. The number of benzene rings is 1. The van der Waals surface area contributed by atoms with Gasteiger partial charge in [0, 0.05) is 26.2 Å². The smallest absolute Gasteiger partial charge is 0.281 e. The highest BCUT2D eigenvalue weighted by Crippen LogP contribution is 2.38. The molecule has 0 bridgehead atoms. The SMILES string of the molecule is COc1ccc(C2=CC3(CCN(S(=O)(=O)N(C)C)C3)ON2)cc1OC1CCCC1. The third-order valence-electron chi connectivity index (χ3n) is 5.86. The van der Waals surface area contributed by atoms with E-state index in [-0.39, 0.29) is 12.6 Å². The summed E-state index contributed by atoms with van der Waals surface area (Å²) in [6, 6.07) is 5.80. The molecular weight excluding hydrogens is 394 g/mol. The van der Waals surface area contributed by atoms with Gasteiger partial charge in [0.1, 0.15) is 5.60 Å². The van der Waals surface area contributed by atoms with Gasteiger partial charge < -0.3 is 9.47 Å². The molecule has 2 heterocycles. The van der Waals surface area contributed by atoms with Crippen molar-refractivity contribution in [2.45, 2.75) is 43.8 Å². The van der Waals surface area contributed by atoms with E-state index in [2.05, 4.69) is 5.48 Å². The molecule has 0 amide bonds. The van der Waals surface area contributed by atoms with Gasteiger partial charge in [-0.05, 0) is 56.4 Å². The first-order valence-electron chi connectivity index (χ1n) is 10.0. The molecule has 1 aliphatic carbocycles. The van der Waals surface area contributed by atoms with Crippen LogP contribution in [0.4, 0.5) is 0 Å². The van der Waals surface area contributed by atoms with Gasteiger partial charge in [-0.1, -0.05) is 0 Å². The molecule has 0 aromatic heterocycles. The van der Waals surface area contributed by atoms with E-state index in [0.29, 0.717) is 18.7 Å². The molecule has 1 aromatic carbocycles. The summed E-state index contributed by atoms with van der Waals surface area (Å²) in [5.41, 5.74) is 4.07. The minimum atomic E-state index is -3.46. The quantitative estimate of drug-likeness (QED) is 0.755. The number of rotatable bonds is 6. The van der Waals surface area contributed by atoms with Crippen molar-refractivity contribution in [2.24, 2.45) is 0 Å². The van der Waals surface area contributed by atoms with Crippen molar-refractivity contribution in [1.29, 1.82) is 0 Å². The van der Waals surface area contributed by atoms with Crippen molar-refractivity contribution in [1.82, 2.24) is 14.1 Å². The first kappa shape index (κ1) is 20.5. The summed E-state index contributed by atoms with van der Waals surface area (Å²) in [7, 11) is 1.26. The van der Waals surface area contributed by atoms with E-state index in [1.807, 2.05) is 24.3 Å². The molecule has 8 nitrogen and oxygen atoms in total. The Hall–Kier alpha value is -1.81. The van der Waals surface area contributed by atoms with Gasteiger partial charge in [0.2, 0.25) is 0 Å². The van der Waals surface area contributed by atoms with E-state index in [1.165, 1.54) is 21.5 Å². The summed E-state index contributed by atoms with van der Waals surface area (Å²) >= 11 is 0. The zero-order valence-electron chi connectivity index (χ0n) is 17.2. The molecule has 3 aliphatic rings. The molecule has 1 N–H and O–H groups in total. The molecule has 2 aliphatic heterocycles. The first-order chi connectivity index (χ1) is 13.8. The van der Waals surface area contributed by atoms with Gasteiger partial charge in [-0.2, -0.15) is 17.0 Å². The standard InChI is InChI=1S/C20H29N3O5S/c1-22(2)29(24,25)23-11-10-20(14-23)13-17(21-28-20)15-8-9-18(26-3)19(12-15)27-16-6-4-5-7-16/h8-9,12-13,16,21H,4-7,10-11,14H2,1-3H3. The number of hydrogen-bond donors (Lipinski definition) is 1. The van der Waals surface area contributed by atoms with Gasteiger partial charge in [0.15, 0.2) is 11.5 Å². The van der Waals surface area contributed by atoms with Crippen LogP contribution < -0.4 is 15.0 Å². The molecular formula is C20H29N3O5S. The number of hydroxylamine groups is 1. The molecule has 9 heteroatoms. The summed E-state index contributed by atoms with van der Waals surface area (Å²) in [5.74, 6) is 1.43. The van der Waals surface area contributed by atoms with Crippen LogP contribution in [0.1, 0.15) is 37.7 Å². The lowest BCUT2D eigenvalue weighted by atomic mass is 10.0. The molecule has 29 heavy (non-hydrogen) atoms. The summed E-state index contributed by atoms with van der Waals surface area (Å²) in [6.45, 7) is 0.705. The third-order valence-corrected chi connectivity index (χ3v) is 7.75. The van der Waals surface area contributed by atoms with Crippen LogP contribution in [0, 0.1) is 0 Å².